The van der Waals surface area contributed by atoms with Crippen LogP contribution in [0.4, 0.5) is 0 Å². The van der Waals surface area contributed by atoms with Gasteiger partial charge in [0.2, 0.25) is 0 Å². The van der Waals surface area contributed by atoms with Crippen LogP contribution in [0.5, 0.6) is 0 Å². The second-order valence-corrected chi connectivity index (χ2v) is 7.10. The average molecular weight is 361 g/mol. The molecule has 0 atom stereocenters. The van der Waals surface area contributed by atoms with Crippen molar-refractivity contribution in [2.24, 2.45) is 5.92 Å². The zero-order chi connectivity index (χ0) is 17.5. The Balaban J connectivity index is 1.90. The Morgan fingerprint density at radius 3 is 2.04 bits per heavy atom. The molecule has 24 heavy (non-hydrogen) atoms. The maximum absolute atomic E-state index is 11.7. The van der Waals surface area contributed by atoms with Crippen molar-refractivity contribution in [3.63, 3.8) is 0 Å². The largest absolute Gasteiger partial charge is 0.466 e. The predicted molar refractivity (Wildman–Crippen MR) is 96.1 cm³/mol. The Labute approximate surface area is 151 Å². The summed E-state index contributed by atoms with van der Waals surface area (Å²) >= 11 is 5.62. The molecule has 0 aromatic heterocycles. The SMILES string of the molecule is O=C(CCC(=O)OCC1CCCCC1)OCCCCCCCCCl. The van der Waals surface area contributed by atoms with Crippen LogP contribution in [0.1, 0.15) is 83.5 Å². The van der Waals surface area contributed by atoms with Gasteiger partial charge in [-0.15, -0.1) is 11.6 Å². The van der Waals surface area contributed by atoms with E-state index in [1.165, 1.54) is 32.1 Å². The molecule has 0 unspecified atom stereocenters. The molecule has 0 N–H and O–H groups in total. The van der Waals surface area contributed by atoms with Gasteiger partial charge in [0.25, 0.3) is 0 Å². The molecule has 0 aliphatic heterocycles. The summed E-state index contributed by atoms with van der Waals surface area (Å²) in [6, 6.07) is 0. The normalized spacial score (nSPS) is 15.2. The van der Waals surface area contributed by atoms with Crippen molar-refractivity contribution >= 4 is 23.5 Å². The van der Waals surface area contributed by atoms with Crippen LogP contribution >= 0.6 is 11.6 Å². The van der Waals surface area contributed by atoms with Gasteiger partial charge in [-0.3, -0.25) is 9.59 Å². The van der Waals surface area contributed by atoms with Crippen LogP contribution in [-0.4, -0.2) is 31.0 Å². The van der Waals surface area contributed by atoms with Crippen molar-refractivity contribution in [2.75, 3.05) is 19.1 Å². The minimum absolute atomic E-state index is 0.124. The minimum Gasteiger partial charge on any atom is -0.466 e. The van der Waals surface area contributed by atoms with Gasteiger partial charge in [-0.1, -0.05) is 44.9 Å². The van der Waals surface area contributed by atoms with Crippen molar-refractivity contribution in [3.8, 4) is 0 Å². The van der Waals surface area contributed by atoms with Crippen LogP contribution in [0.2, 0.25) is 0 Å². The lowest BCUT2D eigenvalue weighted by molar-refractivity contribution is -0.151. The first-order valence-corrected chi connectivity index (χ1v) is 10.1. The summed E-state index contributed by atoms with van der Waals surface area (Å²) in [5.41, 5.74) is 0. The van der Waals surface area contributed by atoms with Gasteiger partial charge in [0.05, 0.1) is 26.1 Å². The Kier molecular flexibility index (Phi) is 12.9. The van der Waals surface area contributed by atoms with E-state index >= 15 is 0 Å². The molecule has 0 radical (unpaired) electrons. The van der Waals surface area contributed by atoms with Crippen LogP contribution in [0, 0.1) is 5.92 Å². The van der Waals surface area contributed by atoms with Crippen LogP contribution in [0.25, 0.3) is 0 Å². The first-order valence-electron chi connectivity index (χ1n) is 9.59. The first-order chi connectivity index (χ1) is 11.7. The van der Waals surface area contributed by atoms with E-state index in [2.05, 4.69) is 0 Å². The molecule has 140 valence electrons. The highest BCUT2D eigenvalue weighted by Gasteiger charge is 2.16. The van der Waals surface area contributed by atoms with Crippen LogP contribution in [-0.2, 0) is 19.1 Å². The molecule has 1 fully saturated rings. The zero-order valence-electron chi connectivity index (χ0n) is 14.9. The van der Waals surface area contributed by atoms with E-state index < -0.39 is 0 Å². The molecule has 0 aromatic rings. The molecular formula is C19H33ClO4. The number of carbonyl (C=O) groups excluding carboxylic acids is 2. The van der Waals surface area contributed by atoms with Crippen molar-refractivity contribution in [2.45, 2.75) is 83.5 Å². The fourth-order valence-corrected chi connectivity index (χ4v) is 3.19. The van der Waals surface area contributed by atoms with Gasteiger partial charge in [-0.05, 0) is 31.6 Å². The summed E-state index contributed by atoms with van der Waals surface area (Å²) in [4.78, 5) is 23.2. The monoisotopic (exact) mass is 360 g/mol. The zero-order valence-corrected chi connectivity index (χ0v) is 15.7. The molecule has 0 spiro atoms. The van der Waals surface area contributed by atoms with Crippen LogP contribution in [0.15, 0.2) is 0 Å². The molecule has 1 saturated carbocycles. The quantitative estimate of drug-likeness (QED) is 0.263. The maximum atomic E-state index is 11.7. The molecule has 4 nitrogen and oxygen atoms in total. The van der Waals surface area contributed by atoms with E-state index in [0.717, 1.165) is 44.4 Å². The predicted octanol–water partition coefficient (Wildman–Crippen LogP) is 5.01. The number of esters is 2. The second kappa shape index (κ2) is 14.6. The fraction of sp³-hybridized carbons (Fsp3) is 0.895. The third-order valence-corrected chi connectivity index (χ3v) is 4.80. The molecule has 0 aromatic carbocycles. The van der Waals surface area contributed by atoms with Gasteiger partial charge in [-0.2, -0.15) is 0 Å². The molecule has 1 aliphatic carbocycles. The van der Waals surface area contributed by atoms with E-state index in [4.69, 9.17) is 21.1 Å². The highest BCUT2D eigenvalue weighted by atomic mass is 35.5. The topological polar surface area (TPSA) is 52.6 Å². The third kappa shape index (κ3) is 11.7. The van der Waals surface area contributed by atoms with Gasteiger partial charge in [0.15, 0.2) is 0 Å². The molecule has 5 heteroatoms. The Morgan fingerprint density at radius 1 is 0.792 bits per heavy atom. The minimum atomic E-state index is -0.299. The third-order valence-electron chi connectivity index (χ3n) is 4.53. The summed E-state index contributed by atoms with van der Waals surface area (Å²) in [6.45, 7) is 0.961. The van der Waals surface area contributed by atoms with Crippen molar-refractivity contribution in [1.82, 2.24) is 0 Å². The van der Waals surface area contributed by atoms with E-state index in [9.17, 15) is 9.59 Å². The van der Waals surface area contributed by atoms with Crippen molar-refractivity contribution in [1.29, 1.82) is 0 Å². The second-order valence-electron chi connectivity index (χ2n) is 6.72. The Hall–Kier alpha value is -0.770. The highest BCUT2D eigenvalue weighted by Crippen LogP contribution is 2.23. The van der Waals surface area contributed by atoms with Crippen LogP contribution in [0.3, 0.4) is 0 Å². The molecule has 0 heterocycles. The van der Waals surface area contributed by atoms with Gasteiger partial charge in [0, 0.05) is 5.88 Å². The number of hydrogen-bond acceptors (Lipinski definition) is 4. The smallest absolute Gasteiger partial charge is 0.306 e. The number of rotatable bonds is 13. The molecule has 0 bridgehead atoms. The van der Waals surface area contributed by atoms with Gasteiger partial charge >= 0.3 is 11.9 Å². The molecule has 1 aliphatic rings. The fourth-order valence-electron chi connectivity index (χ4n) is 3.00. The molecule has 1 rings (SSSR count). The Bertz CT molecular complexity index is 340. The molecular weight excluding hydrogens is 328 g/mol. The standard InChI is InChI=1S/C19H33ClO4/c20-14-8-3-1-2-4-9-15-23-18(21)12-13-19(22)24-16-17-10-6-5-7-11-17/h17H,1-16H2. The number of alkyl halides is 1. The number of hydrogen-bond donors (Lipinski definition) is 0. The van der Waals surface area contributed by atoms with E-state index in [-0.39, 0.29) is 24.8 Å². The van der Waals surface area contributed by atoms with E-state index in [1.54, 1.807) is 0 Å². The number of ether oxygens (including phenoxy) is 2. The number of unbranched alkanes of at least 4 members (excludes halogenated alkanes) is 5. The lowest BCUT2D eigenvalue weighted by Gasteiger charge is -2.20. The number of carbonyl (C=O) groups is 2. The number of halogens is 1. The van der Waals surface area contributed by atoms with E-state index in [0.29, 0.717) is 19.1 Å². The Morgan fingerprint density at radius 2 is 1.38 bits per heavy atom. The van der Waals surface area contributed by atoms with Crippen molar-refractivity contribution < 1.29 is 19.1 Å². The summed E-state index contributed by atoms with van der Waals surface area (Å²) in [5, 5.41) is 0. The average Bonchev–Trinajstić information content (AvgIpc) is 2.61. The highest BCUT2D eigenvalue weighted by molar-refractivity contribution is 6.17. The van der Waals surface area contributed by atoms with Gasteiger partial charge < -0.3 is 9.47 Å². The summed E-state index contributed by atoms with van der Waals surface area (Å²) in [6.07, 6.45) is 12.9. The van der Waals surface area contributed by atoms with E-state index in [1.807, 2.05) is 0 Å². The summed E-state index contributed by atoms with van der Waals surface area (Å²) in [5.74, 6) is 0.670. The summed E-state index contributed by atoms with van der Waals surface area (Å²) < 4.78 is 10.4. The maximum Gasteiger partial charge on any atom is 0.306 e. The van der Waals surface area contributed by atoms with Gasteiger partial charge in [0.1, 0.15) is 0 Å². The molecule has 0 saturated heterocycles. The lowest BCUT2D eigenvalue weighted by Crippen LogP contribution is -2.17. The summed E-state index contributed by atoms with van der Waals surface area (Å²) in [7, 11) is 0. The van der Waals surface area contributed by atoms with Crippen molar-refractivity contribution in [3.05, 3.63) is 0 Å². The van der Waals surface area contributed by atoms with Crippen LogP contribution < -0.4 is 0 Å². The lowest BCUT2D eigenvalue weighted by atomic mass is 9.90. The van der Waals surface area contributed by atoms with Gasteiger partial charge in [-0.25, -0.2) is 0 Å². The molecule has 0 amide bonds. The first kappa shape index (κ1) is 21.3.